The van der Waals surface area contributed by atoms with Gasteiger partial charge in [-0.2, -0.15) is 0 Å². The van der Waals surface area contributed by atoms with Crippen LogP contribution in [0.4, 0.5) is 5.69 Å². The molecule has 0 bridgehead atoms. The second kappa shape index (κ2) is 8.08. The van der Waals surface area contributed by atoms with Gasteiger partial charge in [0.25, 0.3) is 5.91 Å². The molecule has 0 aliphatic heterocycles. The monoisotopic (exact) mass is 434 g/mol. The zero-order chi connectivity index (χ0) is 22.2. The molecule has 1 heterocycles. The van der Waals surface area contributed by atoms with Crippen LogP contribution in [0.15, 0.2) is 65.1 Å². The van der Waals surface area contributed by atoms with Gasteiger partial charge in [0.1, 0.15) is 11.3 Å². The molecule has 1 aromatic heterocycles. The van der Waals surface area contributed by atoms with Crippen LogP contribution in [-0.2, 0) is 4.79 Å². The number of oxazole rings is 1. The lowest BCUT2D eigenvalue weighted by Crippen LogP contribution is -2.42. The van der Waals surface area contributed by atoms with Crippen molar-refractivity contribution in [2.75, 3.05) is 5.32 Å². The summed E-state index contributed by atoms with van der Waals surface area (Å²) < 4.78 is 11.8. The maximum absolute atomic E-state index is 12.9. The number of fused-ring (bicyclic) bond motifs is 1. The number of amides is 1. The van der Waals surface area contributed by atoms with Crippen molar-refractivity contribution in [3.63, 3.8) is 0 Å². The van der Waals surface area contributed by atoms with E-state index in [9.17, 15) is 4.79 Å². The number of hydrogen-bond acceptors (Lipinski definition) is 4. The van der Waals surface area contributed by atoms with Crippen molar-refractivity contribution in [2.45, 2.75) is 33.3 Å². The molecule has 0 atom stereocenters. The van der Waals surface area contributed by atoms with E-state index in [2.05, 4.69) is 10.3 Å². The highest BCUT2D eigenvalue weighted by Gasteiger charge is 2.30. The Morgan fingerprint density at radius 3 is 2.48 bits per heavy atom. The number of nitrogens with zero attached hydrogens (tertiary/aromatic N) is 1. The number of carbonyl (C=O) groups is 1. The Kier molecular flexibility index (Phi) is 5.46. The highest BCUT2D eigenvalue weighted by atomic mass is 35.5. The first-order valence-electron chi connectivity index (χ1n) is 9.95. The van der Waals surface area contributed by atoms with Crippen LogP contribution in [0.25, 0.3) is 22.6 Å². The Labute approximate surface area is 186 Å². The molecule has 1 N–H and O–H groups in total. The first-order valence-corrected chi connectivity index (χ1v) is 10.3. The SMILES string of the molecule is Cc1cc2nc(-c3cccc(NC(=O)C(C)(C)Oc4ccc(Cl)cc4)c3)oc2cc1C. The van der Waals surface area contributed by atoms with Crippen LogP contribution in [-0.4, -0.2) is 16.5 Å². The molecule has 0 saturated carbocycles. The second-order valence-electron chi connectivity index (χ2n) is 8.02. The standard InChI is InChI=1S/C25H23ClN2O3/c1-15-12-21-22(13-16(15)2)30-23(28-21)17-6-5-7-19(14-17)27-24(29)25(3,4)31-20-10-8-18(26)9-11-20/h5-14H,1-4H3,(H,27,29). The Bertz CT molecular complexity index is 1220. The third-order valence-electron chi connectivity index (χ3n) is 5.10. The predicted molar refractivity (Wildman–Crippen MR) is 124 cm³/mol. The van der Waals surface area contributed by atoms with Gasteiger partial charge in [0.2, 0.25) is 5.89 Å². The molecule has 0 unspecified atom stereocenters. The minimum atomic E-state index is -1.09. The van der Waals surface area contributed by atoms with Gasteiger partial charge in [-0.15, -0.1) is 0 Å². The van der Waals surface area contributed by atoms with Crippen molar-refractivity contribution in [1.29, 1.82) is 0 Å². The molecule has 31 heavy (non-hydrogen) atoms. The average molecular weight is 435 g/mol. The summed E-state index contributed by atoms with van der Waals surface area (Å²) in [5.74, 6) is 0.798. The van der Waals surface area contributed by atoms with Crippen LogP contribution in [0.2, 0.25) is 5.02 Å². The summed E-state index contributed by atoms with van der Waals surface area (Å²) in [7, 11) is 0. The summed E-state index contributed by atoms with van der Waals surface area (Å²) in [5, 5.41) is 3.52. The third kappa shape index (κ3) is 4.57. The molecule has 6 heteroatoms. The molecular weight excluding hydrogens is 412 g/mol. The Balaban J connectivity index is 1.54. The van der Waals surface area contributed by atoms with E-state index in [0.29, 0.717) is 22.4 Å². The fourth-order valence-corrected chi connectivity index (χ4v) is 3.28. The maximum atomic E-state index is 12.9. The average Bonchev–Trinajstić information content (AvgIpc) is 3.13. The lowest BCUT2D eigenvalue weighted by molar-refractivity contribution is -0.128. The smallest absolute Gasteiger partial charge is 0.267 e. The zero-order valence-corrected chi connectivity index (χ0v) is 18.6. The van der Waals surface area contributed by atoms with Gasteiger partial charge in [0.15, 0.2) is 11.2 Å². The molecule has 1 amide bonds. The third-order valence-corrected chi connectivity index (χ3v) is 5.36. The highest BCUT2D eigenvalue weighted by Crippen LogP contribution is 2.28. The van der Waals surface area contributed by atoms with Gasteiger partial charge in [-0.05, 0) is 93.4 Å². The molecule has 0 aliphatic rings. The van der Waals surface area contributed by atoms with E-state index in [0.717, 1.165) is 27.8 Å². The summed E-state index contributed by atoms with van der Waals surface area (Å²) in [5.41, 5.74) is 4.19. The summed E-state index contributed by atoms with van der Waals surface area (Å²) in [6.07, 6.45) is 0. The highest BCUT2D eigenvalue weighted by molar-refractivity contribution is 6.30. The van der Waals surface area contributed by atoms with Crippen molar-refractivity contribution in [2.24, 2.45) is 0 Å². The number of rotatable bonds is 5. The Hall–Kier alpha value is -3.31. The number of hydrogen-bond donors (Lipinski definition) is 1. The van der Waals surface area contributed by atoms with Crippen molar-refractivity contribution < 1.29 is 13.9 Å². The maximum Gasteiger partial charge on any atom is 0.267 e. The summed E-state index contributed by atoms with van der Waals surface area (Å²) >= 11 is 5.91. The van der Waals surface area contributed by atoms with Gasteiger partial charge >= 0.3 is 0 Å². The number of nitrogens with one attached hydrogen (secondary N) is 1. The van der Waals surface area contributed by atoms with Gasteiger partial charge in [-0.1, -0.05) is 17.7 Å². The molecule has 0 fully saturated rings. The van der Waals surface area contributed by atoms with E-state index in [4.69, 9.17) is 20.8 Å². The van der Waals surface area contributed by atoms with Crippen molar-refractivity contribution in [3.05, 3.63) is 76.8 Å². The van der Waals surface area contributed by atoms with Crippen LogP contribution in [0.5, 0.6) is 5.75 Å². The number of aryl methyl sites for hydroxylation is 2. The van der Waals surface area contributed by atoms with E-state index in [-0.39, 0.29) is 5.91 Å². The Morgan fingerprint density at radius 2 is 1.74 bits per heavy atom. The van der Waals surface area contributed by atoms with Gasteiger partial charge < -0.3 is 14.5 Å². The van der Waals surface area contributed by atoms with E-state index >= 15 is 0 Å². The van der Waals surface area contributed by atoms with Crippen molar-refractivity contribution in [1.82, 2.24) is 4.98 Å². The van der Waals surface area contributed by atoms with Crippen LogP contribution >= 0.6 is 11.6 Å². The number of benzene rings is 3. The minimum Gasteiger partial charge on any atom is -0.478 e. The number of halogens is 1. The van der Waals surface area contributed by atoms with E-state index in [1.807, 2.05) is 50.2 Å². The molecule has 158 valence electrons. The molecule has 0 spiro atoms. The fraction of sp³-hybridized carbons (Fsp3) is 0.200. The molecule has 5 nitrogen and oxygen atoms in total. The number of carbonyl (C=O) groups excluding carboxylic acids is 1. The molecule has 4 rings (SSSR count). The first-order chi connectivity index (χ1) is 14.7. The molecule has 0 radical (unpaired) electrons. The Morgan fingerprint density at radius 1 is 1.03 bits per heavy atom. The van der Waals surface area contributed by atoms with Crippen molar-refractivity contribution in [3.8, 4) is 17.2 Å². The van der Waals surface area contributed by atoms with Gasteiger partial charge in [0, 0.05) is 16.3 Å². The van der Waals surface area contributed by atoms with E-state index < -0.39 is 5.60 Å². The lowest BCUT2D eigenvalue weighted by atomic mass is 10.1. The molecule has 4 aromatic rings. The topological polar surface area (TPSA) is 64.4 Å². The quantitative estimate of drug-likeness (QED) is 0.386. The molecule has 0 aliphatic carbocycles. The predicted octanol–water partition coefficient (Wildman–Crippen LogP) is 6.56. The van der Waals surface area contributed by atoms with Gasteiger partial charge in [-0.3, -0.25) is 4.79 Å². The summed E-state index contributed by atoms with van der Waals surface area (Å²) in [6, 6.07) is 18.3. The summed E-state index contributed by atoms with van der Waals surface area (Å²) in [4.78, 5) is 17.5. The minimum absolute atomic E-state index is 0.275. The second-order valence-corrected chi connectivity index (χ2v) is 8.46. The van der Waals surface area contributed by atoms with Crippen molar-refractivity contribution >= 4 is 34.3 Å². The summed E-state index contributed by atoms with van der Waals surface area (Å²) in [6.45, 7) is 7.52. The normalized spacial score (nSPS) is 11.5. The lowest BCUT2D eigenvalue weighted by Gasteiger charge is -2.25. The van der Waals surface area contributed by atoms with E-state index in [1.54, 1.807) is 38.1 Å². The number of aromatic nitrogens is 1. The van der Waals surface area contributed by atoms with Crippen LogP contribution in [0.3, 0.4) is 0 Å². The zero-order valence-electron chi connectivity index (χ0n) is 17.8. The van der Waals surface area contributed by atoms with Gasteiger partial charge in [-0.25, -0.2) is 4.98 Å². The number of anilines is 1. The number of ether oxygens (including phenoxy) is 1. The fourth-order valence-electron chi connectivity index (χ4n) is 3.16. The van der Waals surface area contributed by atoms with E-state index in [1.165, 1.54) is 0 Å². The van der Waals surface area contributed by atoms with Gasteiger partial charge in [0.05, 0.1) is 0 Å². The molecular formula is C25H23ClN2O3. The van der Waals surface area contributed by atoms with Crippen LogP contribution in [0, 0.1) is 13.8 Å². The molecule has 3 aromatic carbocycles. The molecule has 0 saturated heterocycles. The largest absolute Gasteiger partial charge is 0.478 e. The first kappa shape index (κ1) is 20.9. The van der Waals surface area contributed by atoms with Crippen LogP contribution in [0.1, 0.15) is 25.0 Å². The van der Waals surface area contributed by atoms with Crippen LogP contribution < -0.4 is 10.1 Å².